The number of hydrogen-bond donors (Lipinski definition) is 1. The van der Waals surface area contributed by atoms with E-state index >= 15 is 0 Å². The van der Waals surface area contributed by atoms with E-state index in [2.05, 4.69) is 24.1 Å². The van der Waals surface area contributed by atoms with Crippen LogP contribution in [0.1, 0.15) is 26.0 Å². The summed E-state index contributed by atoms with van der Waals surface area (Å²) in [5.41, 5.74) is 0.957. The lowest BCUT2D eigenvalue weighted by Gasteiger charge is -2.31. The first-order valence-corrected chi connectivity index (χ1v) is 8.36. The number of aromatic nitrogens is 1. The molecule has 5 heteroatoms. The first-order chi connectivity index (χ1) is 9.20. The maximum absolute atomic E-state index is 6.22. The summed E-state index contributed by atoms with van der Waals surface area (Å²) in [6.07, 6.45) is 1.12. The lowest BCUT2D eigenvalue weighted by Crippen LogP contribution is -2.37. The van der Waals surface area contributed by atoms with E-state index in [1.807, 2.05) is 23.9 Å². The third kappa shape index (κ3) is 4.26. The average Bonchev–Trinajstić information content (AvgIpc) is 2.41. The molecular weight excluding hydrogens is 278 g/mol. The highest BCUT2D eigenvalue weighted by atomic mass is 35.5. The molecule has 0 radical (unpaired) electrons. The molecule has 0 amide bonds. The number of thioether (sulfide) groups is 1. The summed E-state index contributed by atoms with van der Waals surface area (Å²) in [5.74, 6) is 2.24. The molecule has 1 aromatic heterocycles. The van der Waals surface area contributed by atoms with Crippen LogP contribution in [0.15, 0.2) is 12.1 Å². The van der Waals surface area contributed by atoms with Crippen molar-refractivity contribution in [1.29, 1.82) is 0 Å². The van der Waals surface area contributed by atoms with Gasteiger partial charge in [-0.2, -0.15) is 11.8 Å². The molecule has 0 aromatic carbocycles. The van der Waals surface area contributed by atoms with E-state index < -0.39 is 0 Å². The van der Waals surface area contributed by atoms with Crippen molar-refractivity contribution in [2.24, 2.45) is 0 Å². The van der Waals surface area contributed by atoms with Gasteiger partial charge < -0.3 is 10.2 Å². The number of hydrogen-bond acceptors (Lipinski definition) is 4. The second-order valence-corrected chi connectivity index (χ2v) is 6.86. The van der Waals surface area contributed by atoms with Gasteiger partial charge in [-0.15, -0.1) is 0 Å². The number of nitrogens with zero attached hydrogens (tertiary/aromatic N) is 2. The van der Waals surface area contributed by atoms with Crippen molar-refractivity contribution in [2.75, 3.05) is 30.3 Å². The Bertz CT molecular complexity index is 414. The Kier molecular flexibility index (Phi) is 5.79. The molecule has 3 nitrogen and oxygen atoms in total. The Morgan fingerprint density at radius 3 is 3.11 bits per heavy atom. The zero-order chi connectivity index (χ0) is 13.7. The van der Waals surface area contributed by atoms with E-state index in [-0.39, 0.29) is 0 Å². The van der Waals surface area contributed by atoms with Crippen LogP contribution in [0.25, 0.3) is 0 Å². The van der Waals surface area contributed by atoms with E-state index in [0.717, 1.165) is 49.1 Å². The normalized spacial score (nSPS) is 19.7. The van der Waals surface area contributed by atoms with E-state index in [9.17, 15) is 0 Å². The molecule has 1 unspecified atom stereocenters. The molecule has 1 saturated heterocycles. The highest BCUT2D eigenvalue weighted by Gasteiger charge is 2.18. The smallest absolute Gasteiger partial charge is 0.129 e. The van der Waals surface area contributed by atoms with Gasteiger partial charge in [-0.1, -0.05) is 25.4 Å². The number of rotatable bonds is 5. The second-order valence-electron chi connectivity index (χ2n) is 4.90. The summed E-state index contributed by atoms with van der Waals surface area (Å²) in [6.45, 7) is 8.33. The summed E-state index contributed by atoms with van der Waals surface area (Å²) in [7, 11) is 0. The predicted molar refractivity (Wildman–Crippen MR) is 85.4 cm³/mol. The Hall–Kier alpha value is -0.450. The van der Waals surface area contributed by atoms with Crippen LogP contribution in [0.2, 0.25) is 5.02 Å². The van der Waals surface area contributed by atoms with Crippen molar-refractivity contribution in [1.82, 2.24) is 10.3 Å². The Labute approximate surface area is 125 Å². The number of pyridine rings is 1. The Morgan fingerprint density at radius 2 is 2.37 bits per heavy atom. The van der Waals surface area contributed by atoms with Crippen LogP contribution in [0.3, 0.4) is 0 Å². The van der Waals surface area contributed by atoms with Crippen LogP contribution in [0.4, 0.5) is 5.82 Å². The lowest BCUT2D eigenvalue weighted by molar-refractivity contribution is 0.662. The summed E-state index contributed by atoms with van der Waals surface area (Å²) in [5, 5.41) is 4.79. The highest BCUT2D eigenvalue weighted by Crippen LogP contribution is 2.24. The van der Waals surface area contributed by atoms with E-state index in [0.29, 0.717) is 5.25 Å². The third-order valence-corrected chi connectivity index (χ3v) is 4.67. The van der Waals surface area contributed by atoms with Gasteiger partial charge in [-0.05, 0) is 25.1 Å². The monoisotopic (exact) mass is 299 g/mol. The van der Waals surface area contributed by atoms with E-state index in [1.165, 1.54) is 5.75 Å². The van der Waals surface area contributed by atoms with Gasteiger partial charge >= 0.3 is 0 Å². The van der Waals surface area contributed by atoms with Crippen LogP contribution >= 0.6 is 23.4 Å². The van der Waals surface area contributed by atoms with Crippen molar-refractivity contribution in [2.45, 2.75) is 32.1 Å². The molecular formula is C14H22ClN3S. The molecule has 19 heavy (non-hydrogen) atoms. The van der Waals surface area contributed by atoms with E-state index in [4.69, 9.17) is 16.6 Å². The molecule has 106 valence electrons. The van der Waals surface area contributed by atoms with Gasteiger partial charge in [0.1, 0.15) is 5.82 Å². The summed E-state index contributed by atoms with van der Waals surface area (Å²) >= 11 is 8.25. The summed E-state index contributed by atoms with van der Waals surface area (Å²) < 4.78 is 0. The minimum atomic E-state index is 0.674. The molecule has 1 atom stereocenters. The predicted octanol–water partition coefficient (Wildman–Crippen LogP) is 3.18. The third-order valence-electron chi connectivity index (χ3n) is 3.19. The molecule has 2 heterocycles. The fourth-order valence-electron chi connectivity index (χ4n) is 2.18. The molecule has 2 rings (SSSR count). The van der Waals surface area contributed by atoms with Gasteiger partial charge in [0.25, 0.3) is 0 Å². The fourth-order valence-corrected chi connectivity index (χ4v) is 3.37. The summed E-state index contributed by atoms with van der Waals surface area (Å²) in [6, 6.07) is 4.01. The quantitative estimate of drug-likeness (QED) is 0.845. The van der Waals surface area contributed by atoms with Gasteiger partial charge in [-0.3, -0.25) is 0 Å². The van der Waals surface area contributed by atoms with Gasteiger partial charge in [0.2, 0.25) is 0 Å². The first kappa shape index (κ1) is 14.9. The van der Waals surface area contributed by atoms with Crippen LogP contribution in [-0.2, 0) is 6.54 Å². The van der Waals surface area contributed by atoms with Gasteiger partial charge in [0, 0.05) is 30.6 Å². The zero-order valence-electron chi connectivity index (χ0n) is 11.7. The Balaban J connectivity index is 2.06. The van der Waals surface area contributed by atoms with Gasteiger partial charge in [0.15, 0.2) is 0 Å². The molecule has 0 spiro atoms. The van der Waals surface area contributed by atoms with Crippen molar-refractivity contribution in [3.63, 3.8) is 0 Å². The number of nitrogens with one attached hydrogen (secondary N) is 1. The largest absolute Gasteiger partial charge is 0.355 e. The summed E-state index contributed by atoms with van der Waals surface area (Å²) in [4.78, 5) is 7.09. The standard InChI is InChI=1S/C14H22ClN3S/c1-3-6-16-9-13-12(15)4-5-14(17-13)18-7-8-19-11(2)10-18/h4-5,11,16H,3,6-10H2,1-2H3. The molecule has 1 N–H and O–H groups in total. The van der Waals surface area contributed by atoms with Crippen molar-refractivity contribution in [3.8, 4) is 0 Å². The maximum atomic E-state index is 6.22. The molecule has 1 aliphatic rings. The van der Waals surface area contributed by atoms with Crippen LogP contribution in [0.5, 0.6) is 0 Å². The molecule has 0 aliphatic carbocycles. The minimum Gasteiger partial charge on any atom is -0.355 e. The topological polar surface area (TPSA) is 28.2 Å². The zero-order valence-corrected chi connectivity index (χ0v) is 13.2. The molecule has 0 saturated carbocycles. The van der Waals surface area contributed by atoms with Crippen molar-refractivity contribution in [3.05, 3.63) is 22.8 Å². The highest BCUT2D eigenvalue weighted by molar-refractivity contribution is 8.00. The maximum Gasteiger partial charge on any atom is 0.129 e. The number of halogens is 1. The number of anilines is 1. The van der Waals surface area contributed by atoms with Crippen LogP contribution < -0.4 is 10.2 Å². The molecule has 1 aromatic rings. The average molecular weight is 300 g/mol. The minimum absolute atomic E-state index is 0.674. The van der Waals surface area contributed by atoms with Gasteiger partial charge in [0.05, 0.1) is 10.7 Å². The lowest BCUT2D eigenvalue weighted by atomic mass is 10.3. The van der Waals surface area contributed by atoms with Crippen LogP contribution in [0, 0.1) is 0 Å². The fraction of sp³-hybridized carbons (Fsp3) is 0.643. The SMILES string of the molecule is CCCNCc1nc(N2CCSC(C)C2)ccc1Cl. The van der Waals surface area contributed by atoms with Crippen molar-refractivity contribution < 1.29 is 0 Å². The molecule has 1 fully saturated rings. The van der Waals surface area contributed by atoms with E-state index in [1.54, 1.807) is 0 Å². The van der Waals surface area contributed by atoms with Crippen LogP contribution in [-0.4, -0.2) is 35.6 Å². The first-order valence-electron chi connectivity index (χ1n) is 6.93. The van der Waals surface area contributed by atoms with Crippen molar-refractivity contribution >= 4 is 29.2 Å². The molecule has 0 bridgehead atoms. The molecule has 1 aliphatic heterocycles. The van der Waals surface area contributed by atoms with Gasteiger partial charge in [-0.25, -0.2) is 4.98 Å². The Morgan fingerprint density at radius 1 is 1.53 bits per heavy atom. The second kappa shape index (κ2) is 7.36.